The lowest BCUT2D eigenvalue weighted by Crippen LogP contribution is -2.24. The highest BCUT2D eigenvalue weighted by Gasteiger charge is 2.36. The van der Waals surface area contributed by atoms with Crippen LogP contribution in [0.3, 0.4) is 0 Å². The maximum Gasteiger partial charge on any atom is 0.244 e. The van der Waals surface area contributed by atoms with Crippen LogP contribution in [0.15, 0.2) is 57.5 Å². The molecule has 6 nitrogen and oxygen atoms in total. The van der Waals surface area contributed by atoms with E-state index < -0.39 is 6.10 Å². The first-order valence-corrected chi connectivity index (χ1v) is 9.56. The first kappa shape index (κ1) is 18.0. The molecule has 0 spiro atoms. The van der Waals surface area contributed by atoms with Crippen LogP contribution in [0.4, 0.5) is 4.39 Å². The highest BCUT2D eigenvalue weighted by molar-refractivity contribution is 5.77. The number of aryl methyl sites for hydroxylation is 1. The van der Waals surface area contributed by atoms with Gasteiger partial charge in [-0.2, -0.15) is 4.98 Å². The first-order chi connectivity index (χ1) is 14.1. The molecule has 0 amide bonds. The fraction of sp³-hybridized carbons (Fsp3) is 0.273. The Morgan fingerprint density at radius 3 is 2.90 bits per heavy atom. The van der Waals surface area contributed by atoms with E-state index in [2.05, 4.69) is 15.0 Å². The minimum absolute atomic E-state index is 0.227. The van der Waals surface area contributed by atoms with Crippen LogP contribution in [0.5, 0.6) is 0 Å². The number of rotatable bonds is 4. The molecule has 1 aliphatic heterocycles. The van der Waals surface area contributed by atoms with Gasteiger partial charge >= 0.3 is 0 Å². The molecule has 1 saturated heterocycles. The van der Waals surface area contributed by atoms with E-state index in [1.54, 1.807) is 19.1 Å². The molecular weight excluding hydrogens is 373 g/mol. The van der Waals surface area contributed by atoms with Gasteiger partial charge in [-0.25, -0.2) is 4.39 Å². The molecule has 7 heteroatoms. The van der Waals surface area contributed by atoms with E-state index in [-0.39, 0.29) is 11.9 Å². The molecule has 0 saturated carbocycles. The predicted octanol–water partition coefficient (Wildman–Crippen LogP) is 4.24. The molecule has 0 bridgehead atoms. The summed E-state index contributed by atoms with van der Waals surface area (Å²) in [5, 5.41) is 15.3. The van der Waals surface area contributed by atoms with Crippen LogP contribution in [-0.4, -0.2) is 32.8 Å². The molecule has 1 fully saturated rings. The fourth-order valence-electron chi connectivity index (χ4n) is 3.85. The number of aliphatic hydroxyl groups excluding tert-OH is 1. The Morgan fingerprint density at radius 1 is 1.21 bits per heavy atom. The van der Waals surface area contributed by atoms with Crippen molar-refractivity contribution in [2.75, 3.05) is 6.54 Å². The molecule has 0 unspecified atom stereocenters. The number of furan rings is 1. The van der Waals surface area contributed by atoms with Crippen LogP contribution >= 0.6 is 0 Å². The highest BCUT2D eigenvalue weighted by Crippen LogP contribution is 2.34. The van der Waals surface area contributed by atoms with Crippen molar-refractivity contribution in [3.63, 3.8) is 0 Å². The Hall–Kier alpha value is -3.03. The van der Waals surface area contributed by atoms with Crippen molar-refractivity contribution in [2.24, 2.45) is 0 Å². The van der Waals surface area contributed by atoms with Gasteiger partial charge in [0.2, 0.25) is 11.7 Å². The molecule has 2 aromatic carbocycles. The fourth-order valence-corrected chi connectivity index (χ4v) is 3.85. The van der Waals surface area contributed by atoms with Crippen LogP contribution in [0.1, 0.15) is 29.7 Å². The Kier molecular flexibility index (Phi) is 4.41. The molecule has 1 N–H and O–H groups in total. The lowest BCUT2D eigenvalue weighted by Gasteiger charge is -2.19. The second-order valence-corrected chi connectivity index (χ2v) is 7.51. The Labute approximate surface area is 166 Å². The summed E-state index contributed by atoms with van der Waals surface area (Å²) in [6.45, 7) is 2.71. The van der Waals surface area contributed by atoms with E-state index in [1.165, 1.54) is 6.07 Å². The van der Waals surface area contributed by atoms with Gasteiger partial charge in [0.15, 0.2) is 0 Å². The zero-order valence-corrected chi connectivity index (χ0v) is 15.9. The summed E-state index contributed by atoms with van der Waals surface area (Å²) in [6, 6.07) is 14.5. The zero-order valence-electron chi connectivity index (χ0n) is 15.9. The molecule has 5 rings (SSSR count). The van der Waals surface area contributed by atoms with Crippen molar-refractivity contribution in [3.05, 3.63) is 71.6 Å². The number of halogens is 1. The summed E-state index contributed by atoms with van der Waals surface area (Å²) in [5.41, 5.74) is 1.96. The number of hydrogen-bond acceptors (Lipinski definition) is 6. The number of hydrogen-bond donors (Lipinski definition) is 1. The van der Waals surface area contributed by atoms with E-state index in [9.17, 15) is 9.50 Å². The standard InChI is InChI=1S/C22H20FN3O3/c1-13-6-7-15(9-18(13)23)21-24-22(29-25-21)19-10-16(27)11-26(19)12-17-8-14-4-2-3-5-20(14)28-17/h2-9,16,19,27H,10-12H2,1H3/t16-,19+/m1/s1. The van der Waals surface area contributed by atoms with Crippen molar-refractivity contribution < 1.29 is 18.4 Å². The number of fused-ring (bicyclic) bond motifs is 1. The summed E-state index contributed by atoms with van der Waals surface area (Å²) >= 11 is 0. The van der Waals surface area contributed by atoms with E-state index in [0.29, 0.717) is 42.4 Å². The summed E-state index contributed by atoms with van der Waals surface area (Å²) in [4.78, 5) is 6.54. The predicted molar refractivity (Wildman–Crippen MR) is 104 cm³/mol. The van der Waals surface area contributed by atoms with Crippen LogP contribution in [0.25, 0.3) is 22.4 Å². The molecule has 4 aromatic rings. The Bertz CT molecular complexity index is 1140. The lowest BCUT2D eigenvalue weighted by atomic mass is 10.1. The third-order valence-corrected chi connectivity index (χ3v) is 5.37. The summed E-state index contributed by atoms with van der Waals surface area (Å²) < 4.78 is 25.3. The van der Waals surface area contributed by atoms with E-state index in [4.69, 9.17) is 8.94 Å². The molecule has 148 valence electrons. The number of aliphatic hydroxyl groups is 1. The molecule has 29 heavy (non-hydrogen) atoms. The normalized spacial score (nSPS) is 20.0. The quantitative estimate of drug-likeness (QED) is 0.559. The molecule has 2 atom stereocenters. The van der Waals surface area contributed by atoms with Gasteiger partial charge < -0.3 is 14.0 Å². The summed E-state index contributed by atoms with van der Waals surface area (Å²) in [5.74, 6) is 1.25. The average molecular weight is 393 g/mol. The monoisotopic (exact) mass is 393 g/mol. The minimum Gasteiger partial charge on any atom is -0.460 e. The molecule has 0 radical (unpaired) electrons. The van der Waals surface area contributed by atoms with Gasteiger partial charge in [0.1, 0.15) is 17.2 Å². The van der Waals surface area contributed by atoms with Crippen LogP contribution < -0.4 is 0 Å². The second-order valence-electron chi connectivity index (χ2n) is 7.51. The van der Waals surface area contributed by atoms with Gasteiger partial charge in [-0.3, -0.25) is 4.90 Å². The van der Waals surface area contributed by atoms with Gasteiger partial charge in [-0.15, -0.1) is 0 Å². The molecule has 1 aliphatic rings. The van der Waals surface area contributed by atoms with Crippen LogP contribution in [-0.2, 0) is 6.54 Å². The molecular formula is C22H20FN3O3. The smallest absolute Gasteiger partial charge is 0.244 e. The SMILES string of the molecule is Cc1ccc(-c2noc([C@@H]3C[C@@H](O)CN3Cc3cc4ccccc4o3)n2)cc1F. The Balaban J connectivity index is 1.40. The van der Waals surface area contributed by atoms with Crippen LogP contribution in [0.2, 0.25) is 0 Å². The Morgan fingerprint density at radius 2 is 2.07 bits per heavy atom. The summed E-state index contributed by atoms with van der Waals surface area (Å²) in [6.07, 6.45) is 0.000891. The maximum absolute atomic E-state index is 13.9. The van der Waals surface area contributed by atoms with E-state index in [1.807, 2.05) is 30.3 Å². The van der Waals surface area contributed by atoms with Crippen molar-refractivity contribution in [1.82, 2.24) is 15.0 Å². The number of likely N-dealkylation sites (tertiary alicyclic amines) is 1. The van der Waals surface area contributed by atoms with Gasteiger partial charge in [-0.1, -0.05) is 35.5 Å². The largest absolute Gasteiger partial charge is 0.460 e. The highest BCUT2D eigenvalue weighted by atomic mass is 19.1. The topological polar surface area (TPSA) is 75.5 Å². The minimum atomic E-state index is -0.489. The molecule has 2 aromatic heterocycles. The number of aromatic nitrogens is 2. The summed E-state index contributed by atoms with van der Waals surface area (Å²) in [7, 11) is 0. The van der Waals surface area contributed by atoms with E-state index >= 15 is 0 Å². The second kappa shape index (κ2) is 7.09. The zero-order chi connectivity index (χ0) is 20.0. The first-order valence-electron chi connectivity index (χ1n) is 9.56. The average Bonchev–Trinajstić information content (AvgIpc) is 3.41. The third-order valence-electron chi connectivity index (χ3n) is 5.37. The van der Waals surface area contributed by atoms with Crippen molar-refractivity contribution in [3.8, 4) is 11.4 Å². The van der Waals surface area contributed by atoms with Gasteiger partial charge in [0.25, 0.3) is 0 Å². The third kappa shape index (κ3) is 3.43. The van der Waals surface area contributed by atoms with Gasteiger partial charge in [-0.05, 0) is 37.1 Å². The number of nitrogens with zero attached hydrogens (tertiary/aromatic N) is 3. The van der Waals surface area contributed by atoms with Crippen molar-refractivity contribution in [2.45, 2.75) is 32.0 Å². The molecule has 3 heterocycles. The maximum atomic E-state index is 13.9. The van der Waals surface area contributed by atoms with Crippen LogP contribution in [0, 0.1) is 12.7 Å². The number of benzene rings is 2. The van der Waals surface area contributed by atoms with E-state index in [0.717, 1.165) is 16.7 Å². The number of β-amino-alcohol motifs (C(OH)–C–C–N with tert-alkyl or cyclic N) is 1. The van der Waals surface area contributed by atoms with Gasteiger partial charge in [0.05, 0.1) is 18.7 Å². The molecule has 0 aliphatic carbocycles. The number of para-hydroxylation sites is 1. The van der Waals surface area contributed by atoms with Crippen molar-refractivity contribution in [1.29, 1.82) is 0 Å². The lowest BCUT2D eigenvalue weighted by molar-refractivity contribution is 0.164. The van der Waals surface area contributed by atoms with Crippen molar-refractivity contribution >= 4 is 11.0 Å². The van der Waals surface area contributed by atoms with Gasteiger partial charge in [0, 0.05) is 17.5 Å².